The van der Waals surface area contributed by atoms with E-state index in [1.165, 1.54) is 30.4 Å². The van der Waals surface area contributed by atoms with Crippen molar-refractivity contribution in [3.05, 3.63) is 29.3 Å². The van der Waals surface area contributed by atoms with Crippen LogP contribution in [0.25, 0.3) is 0 Å². The number of fused-ring (bicyclic) bond motifs is 5. The van der Waals surface area contributed by atoms with E-state index in [0.29, 0.717) is 17.6 Å². The largest absolute Gasteiger partial charge is 0.508 e. The third-order valence-electron chi connectivity index (χ3n) is 6.66. The molecular weight excluding hydrogens is 304 g/mol. The fourth-order valence-electron chi connectivity index (χ4n) is 5.54. The molecule has 1 aromatic rings. The Morgan fingerprint density at radius 2 is 1.92 bits per heavy atom. The molecule has 4 rings (SSSR count). The van der Waals surface area contributed by atoms with Gasteiger partial charge in [-0.1, -0.05) is 13.0 Å². The lowest BCUT2D eigenvalue weighted by molar-refractivity contribution is -0.134. The molecule has 0 spiro atoms. The van der Waals surface area contributed by atoms with E-state index in [1.807, 2.05) is 12.1 Å². The van der Waals surface area contributed by atoms with Gasteiger partial charge in [-0.05, 0) is 85.0 Å². The second kappa shape index (κ2) is 6.40. The number of aliphatic carboxylic acids is 1. The summed E-state index contributed by atoms with van der Waals surface area (Å²) in [4.78, 5) is 9.00. The van der Waals surface area contributed by atoms with E-state index in [1.54, 1.807) is 0 Å². The molecule has 24 heavy (non-hydrogen) atoms. The Morgan fingerprint density at radius 3 is 2.62 bits per heavy atom. The first-order valence-corrected chi connectivity index (χ1v) is 9.02. The molecule has 0 radical (unpaired) electrons. The highest BCUT2D eigenvalue weighted by Crippen LogP contribution is 2.60. The Bertz CT molecular complexity index is 622. The number of aryl methyl sites for hydroxylation is 1. The molecule has 2 fully saturated rings. The minimum absolute atomic E-state index is 0.0883. The zero-order chi connectivity index (χ0) is 17.5. The molecule has 4 nitrogen and oxygen atoms in total. The summed E-state index contributed by atoms with van der Waals surface area (Å²) in [7, 11) is 0. The number of rotatable bonds is 0. The van der Waals surface area contributed by atoms with Gasteiger partial charge in [0.05, 0.1) is 6.10 Å². The monoisotopic (exact) mass is 332 g/mol. The predicted octanol–water partition coefficient (Wildman–Crippen LogP) is 3.70. The summed E-state index contributed by atoms with van der Waals surface area (Å²) < 4.78 is 0. The molecule has 2 saturated carbocycles. The molecule has 5 atom stereocenters. The summed E-state index contributed by atoms with van der Waals surface area (Å²) in [5, 5.41) is 27.5. The molecular formula is C20H28O4. The van der Waals surface area contributed by atoms with Crippen molar-refractivity contribution >= 4 is 5.97 Å². The molecule has 4 heteroatoms. The lowest BCUT2D eigenvalue weighted by atomic mass is 9.55. The van der Waals surface area contributed by atoms with Crippen molar-refractivity contribution in [3.63, 3.8) is 0 Å². The molecule has 3 aliphatic rings. The Balaban J connectivity index is 0.000000383. The lowest BCUT2D eigenvalue weighted by Crippen LogP contribution is -2.43. The number of carbonyl (C=O) groups is 1. The summed E-state index contributed by atoms with van der Waals surface area (Å²) in [6.07, 6.45) is 6.78. The van der Waals surface area contributed by atoms with Crippen LogP contribution in [0.4, 0.5) is 0 Å². The quantitative estimate of drug-likeness (QED) is 0.677. The van der Waals surface area contributed by atoms with Crippen LogP contribution in [-0.2, 0) is 11.2 Å². The van der Waals surface area contributed by atoms with Crippen LogP contribution in [0.5, 0.6) is 5.75 Å². The fraction of sp³-hybridized carbons (Fsp3) is 0.650. The molecule has 0 heterocycles. The standard InChI is InChI=1S/C18H24O2.C2H4O2/c1-18-9-8-14-13-5-3-12(19)10-11(13)2-4-15(14)16(18)6-7-17(18)20;1-2(3)4/h3,5,10,14-17,19-20H,2,4,6-9H2,1H3;1H3,(H,3,4)/t14-,15-,16+,17+,18+;/m1./s1. The van der Waals surface area contributed by atoms with Crippen LogP contribution >= 0.6 is 0 Å². The van der Waals surface area contributed by atoms with Gasteiger partial charge in [0, 0.05) is 6.92 Å². The lowest BCUT2D eigenvalue weighted by Gasteiger charge is -2.50. The van der Waals surface area contributed by atoms with E-state index < -0.39 is 5.97 Å². The van der Waals surface area contributed by atoms with Gasteiger partial charge in [-0.25, -0.2) is 0 Å². The molecule has 0 saturated heterocycles. The van der Waals surface area contributed by atoms with E-state index in [-0.39, 0.29) is 11.5 Å². The van der Waals surface area contributed by atoms with Gasteiger partial charge in [-0.2, -0.15) is 0 Å². The molecule has 132 valence electrons. The summed E-state index contributed by atoms with van der Waals surface area (Å²) in [6, 6.07) is 5.96. The number of carboxylic acid groups (broad SMARTS) is 1. The van der Waals surface area contributed by atoms with Gasteiger partial charge in [0.15, 0.2) is 0 Å². The van der Waals surface area contributed by atoms with Crippen molar-refractivity contribution in [1.82, 2.24) is 0 Å². The maximum absolute atomic E-state index is 10.4. The molecule has 0 aliphatic heterocycles. The highest BCUT2D eigenvalue weighted by atomic mass is 16.4. The molecule has 1 aromatic carbocycles. The summed E-state index contributed by atoms with van der Waals surface area (Å²) in [5.74, 6) is 1.66. The number of aliphatic hydroxyl groups excluding tert-OH is 1. The Kier molecular flexibility index (Phi) is 4.60. The van der Waals surface area contributed by atoms with Crippen molar-refractivity contribution in [2.75, 3.05) is 0 Å². The molecule has 0 bridgehead atoms. The summed E-state index contributed by atoms with van der Waals surface area (Å²) >= 11 is 0. The van der Waals surface area contributed by atoms with E-state index in [2.05, 4.69) is 13.0 Å². The third-order valence-corrected chi connectivity index (χ3v) is 6.66. The number of hydrogen-bond acceptors (Lipinski definition) is 3. The average molecular weight is 332 g/mol. The van der Waals surface area contributed by atoms with Crippen LogP contribution in [0.3, 0.4) is 0 Å². The van der Waals surface area contributed by atoms with E-state index >= 15 is 0 Å². The molecule has 0 unspecified atom stereocenters. The summed E-state index contributed by atoms with van der Waals surface area (Å²) in [6.45, 7) is 3.40. The molecule has 0 aromatic heterocycles. The molecule has 3 N–H and O–H groups in total. The highest BCUT2D eigenvalue weighted by Gasteiger charge is 2.54. The van der Waals surface area contributed by atoms with Crippen LogP contribution in [0, 0.1) is 17.3 Å². The van der Waals surface area contributed by atoms with Gasteiger partial charge in [-0.15, -0.1) is 0 Å². The number of aliphatic hydroxyl groups is 1. The van der Waals surface area contributed by atoms with E-state index in [4.69, 9.17) is 9.90 Å². The first-order valence-electron chi connectivity index (χ1n) is 9.02. The minimum atomic E-state index is -0.833. The van der Waals surface area contributed by atoms with Crippen LogP contribution in [0.15, 0.2) is 18.2 Å². The smallest absolute Gasteiger partial charge is 0.300 e. The normalized spacial score (nSPS) is 36.6. The number of hydrogen-bond donors (Lipinski definition) is 3. The van der Waals surface area contributed by atoms with E-state index in [0.717, 1.165) is 32.1 Å². The maximum Gasteiger partial charge on any atom is 0.300 e. The van der Waals surface area contributed by atoms with Gasteiger partial charge in [-0.3, -0.25) is 4.79 Å². The first-order chi connectivity index (χ1) is 11.3. The van der Waals surface area contributed by atoms with Crippen LogP contribution in [0.1, 0.15) is 63.0 Å². The number of phenolic OH excluding ortho intramolecular Hbond substituents is 1. The Morgan fingerprint density at radius 1 is 1.21 bits per heavy atom. The number of carboxylic acids is 1. The van der Waals surface area contributed by atoms with Crippen LogP contribution in [0.2, 0.25) is 0 Å². The maximum atomic E-state index is 10.4. The van der Waals surface area contributed by atoms with Gasteiger partial charge in [0.25, 0.3) is 5.97 Å². The van der Waals surface area contributed by atoms with Crippen molar-refractivity contribution in [1.29, 1.82) is 0 Å². The minimum Gasteiger partial charge on any atom is -0.508 e. The van der Waals surface area contributed by atoms with Crippen LogP contribution in [-0.4, -0.2) is 27.4 Å². The van der Waals surface area contributed by atoms with Crippen molar-refractivity contribution in [2.45, 2.75) is 64.4 Å². The van der Waals surface area contributed by atoms with Gasteiger partial charge >= 0.3 is 0 Å². The van der Waals surface area contributed by atoms with Gasteiger partial charge < -0.3 is 15.3 Å². The molecule has 3 aliphatic carbocycles. The SMILES string of the molecule is CC(=O)O.C[C@]12CC[C@@H]3c4ccc(O)cc4CC[C@H]3[C@@H]1CC[C@@H]2O. The first kappa shape index (κ1) is 17.3. The zero-order valence-electron chi connectivity index (χ0n) is 14.5. The number of benzene rings is 1. The van der Waals surface area contributed by atoms with Gasteiger partial charge in [0.2, 0.25) is 0 Å². The number of aromatic hydroxyl groups is 1. The number of phenols is 1. The van der Waals surface area contributed by atoms with Crippen molar-refractivity contribution in [2.24, 2.45) is 17.3 Å². The van der Waals surface area contributed by atoms with Crippen molar-refractivity contribution < 1.29 is 20.1 Å². The zero-order valence-corrected chi connectivity index (χ0v) is 14.5. The topological polar surface area (TPSA) is 77.8 Å². The summed E-state index contributed by atoms with van der Waals surface area (Å²) in [5.41, 5.74) is 2.99. The fourth-order valence-corrected chi connectivity index (χ4v) is 5.54. The predicted molar refractivity (Wildman–Crippen MR) is 92.0 cm³/mol. The Labute approximate surface area is 143 Å². The Hall–Kier alpha value is -1.55. The second-order valence-corrected chi connectivity index (χ2v) is 7.96. The average Bonchev–Trinajstić information content (AvgIpc) is 2.82. The third kappa shape index (κ3) is 2.92. The van der Waals surface area contributed by atoms with Gasteiger partial charge in [0.1, 0.15) is 5.75 Å². The van der Waals surface area contributed by atoms with Crippen molar-refractivity contribution in [3.8, 4) is 5.75 Å². The van der Waals surface area contributed by atoms with E-state index in [9.17, 15) is 10.2 Å². The highest BCUT2D eigenvalue weighted by molar-refractivity contribution is 5.62. The van der Waals surface area contributed by atoms with Crippen LogP contribution < -0.4 is 0 Å². The molecule has 0 amide bonds. The second-order valence-electron chi connectivity index (χ2n) is 7.96.